The van der Waals surface area contributed by atoms with E-state index in [1.807, 2.05) is 0 Å². The lowest BCUT2D eigenvalue weighted by Crippen LogP contribution is -2.37. The van der Waals surface area contributed by atoms with Crippen LogP contribution in [0.5, 0.6) is 0 Å². The minimum atomic E-state index is -0.402. The lowest BCUT2D eigenvalue weighted by atomic mass is 10.1. The van der Waals surface area contributed by atoms with E-state index in [0.29, 0.717) is 12.1 Å². The highest BCUT2D eigenvalue weighted by Crippen LogP contribution is 2.08. The molecular weight excluding hydrogens is 195 g/mol. The molecule has 0 aliphatic carbocycles. The van der Waals surface area contributed by atoms with Crippen molar-refractivity contribution in [3.63, 3.8) is 0 Å². The molecule has 0 aromatic heterocycles. The van der Waals surface area contributed by atoms with Gasteiger partial charge in [0.2, 0.25) is 0 Å². The van der Waals surface area contributed by atoms with Crippen LogP contribution in [0.3, 0.4) is 0 Å². The fourth-order valence-electron chi connectivity index (χ4n) is 1.23. The lowest BCUT2D eigenvalue weighted by molar-refractivity contribution is 0.0940. The van der Waals surface area contributed by atoms with Gasteiger partial charge in [0.15, 0.2) is 0 Å². The van der Waals surface area contributed by atoms with Gasteiger partial charge in [-0.3, -0.25) is 4.79 Å². The van der Waals surface area contributed by atoms with Crippen LogP contribution >= 0.6 is 0 Å². The predicted octanol–water partition coefficient (Wildman–Crippen LogP) is 1.21. The summed E-state index contributed by atoms with van der Waals surface area (Å²) in [6.45, 7) is 3.90. The molecule has 15 heavy (non-hydrogen) atoms. The van der Waals surface area contributed by atoms with Crippen molar-refractivity contribution in [2.24, 2.45) is 5.73 Å². The van der Waals surface area contributed by atoms with Gasteiger partial charge in [-0.15, -0.1) is 0 Å². The van der Waals surface area contributed by atoms with Gasteiger partial charge in [0, 0.05) is 18.2 Å². The van der Waals surface area contributed by atoms with Crippen LogP contribution in [0.4, 0.5) is 4.39 Å². The Morgan fingerprint density at radius 3 is 2.73 bits per heavy atom. The summed E-state index contributed by atoms with van der Waals surface area (Å²) >= 11 is 0. The van der Waals surface area contributed by atoms with E-state index in [0.717, 1.165) is 5.56 Å². The van der Waals surface area contributed by atoms with Gasteiger partial charge in [0.05, 0.1) is 0 Å². The second-order valence-corrected chi connectivity index (χ2v) is 3.63. The molecule has 82 valence electrons. The number of hydrogen-bond donors (Lipinski definition) is 2. The molecule has 0 saturated heterocycles. The monoisotopic (exact) mass is 210 g/mol. The third-order valence-corrected chi connectivity index (χ3v) is 2.04. The van der Waals surface area contributed by atoms with Crippen molar-refractivity contribution in [3.8, 4) is 0 Å². The van der Waals surface area contributed by atoms with E-state index in [1.54, 1.807) is 19.9 Å². The molecule has 0 heterocycles. The normalized spacial score (nSPS) is 12.3. The highest BCUT2D eigenvalue weighted by Gasteiger charge is 2.09. The van der Waals surface area contributed by atoms with Gasteiger partial charge in [-0.25, -0.2) is 4.39 Å². The van der Waals surface area contributed by atoms with E-state index in [-0.39, 0.29) is 11.9 Å². The van der Waals surface area contributed by atoms with Crippen molar-refractivity contribution in [1.82, 2.24) is 5.32 Å². The van der Waals surface area contributed by atoms with Crippen LogP contribution in [0.2, 0.25) is 0 Å². The number of carbonyl (C=O) groups excluding carboxylic acids is 1. The van der Waals surface area contributed by atoms with E-state index in [2.05, 4.69) is 5.32 Å². The second-order valence-electron chi connectivity index (χ2n) is 3.63. The van der Waals surface area contributed by atoms with Gasteiger partial charge in [-0.1, -0.05) is 0 Å². The van der Waals surface area contributed by atoms with Crippen LogP contribution in [-0.4, -0.2) is 18.5 Å². The van der Waals surface area contributed by atoms with Crippen molar-refractivity contribution >= 4 is 5.91 Å². The zero-order valence-electron chi connectivity index (χ0n) is 8.88. The first-order valence-electron chi connectivity index (χ1n) is 4.81. The standard InChI is InChI=1S/C11H15FN2O/c1-7-3-9(5-10(12)4-7)11(15)14-8(2)6-13/h3-5,8H,6,13H2,1-2H3,(H,14,15)/t8-/m1/s1. The Kier molecular flexibility index (Phi) is 3.80. The van der Waals surface area contributed by atoms with Crippen molar-refractivity contribution in [2.75, 3.05) is 6.54 Å². The summed E-state index contributed by atoms with van der Waals surface area (Å²) in [6.07, 6.45) is 0. The van der Waals surface area contributed by atoms with Gasteiger partial charge < -0.3 is 11.1 Å². The molecule has 0 saturated carbocycles. The van der Waals surface area contributed by atoms with E-state index in [1.165, 1.54) is 12.1 Å². The SMILES string of the molecule is Cc1cc(F)cc(C(=O)N[C@H](C)CN)c1. The minimum absolute atomic E-state index is 0.110. The van der Waals surface area contributed by atoms with Crippen LogP contribution in [0.15, 0.2) is 18.2 Å². The molecule has 0 spiro atoms. The Balaban J connectivity index is 2.82. The number of hydrogen-bond acceptors (Lipinski definition) is 2. The average Bonchev–Trinajstić information content (AvgIpc) is 2.16. The fourth-order valence-corrected chi connectivity index (χ4v) is 1.23. The maximum Gasteiger partial charge on any atom is 0.251 e. The highest BCUT2D eigenvalue weighted by molar-refractivity contribution is 5.94. The summed E-state index contributed by atoms with van der Waals surface area (Å²) in [6, 6.07) is 4.12. The zero-order chi connectivity index (χ0) is 11.4. The van der Waals surface area contributed by atoms with E-state index in [9.17, 15) is 9.18 Å². The molecule has 0 aliphatic heterocycles. The van der Waals surface area contributed by atoms with Crippen LogP contribution in [0.25, 0.3) is 0 Å². The molecule has 3 N–H and O–H groups in total. The summed E-state index contributed by atoms with van der Waals surface area (Å²) < 4.78 is 13.0. The molecule has 1 amide bonds. The number of nitrogens with two attached hydrogens (primary N) is 1. The van der Waals surface area contributed by atoms with Gasteiger partial charge in [0.25, 0.3) is 5.91 Å². The Labute approximate surface area is 88.5 Å². The van der Waals surface area contributed by atoms with Gasteiger partial charge in [0.1, 0.15) is 5.82 Å². The molecule has 0 aliphatic rings. The summed E-state index contributed by atoms with van der Waals surface area (Å²) in [5.41, 5.74) is 6.42. The Morgan fingerprint density at radius 1 is 1.53 bits per heavy atom. The number of nitrogens with one attached hydrogen (secondary N) is 1. The molecule has 0 unspecified atom stereocenters. The summed E-state index contributed by atoms with van der Waals surface area (Å²) in [7, 11) is 0. The summed E-state index contributed by atoms with van der Waals surface area (Å²) in [5, 5.41) is 2.67. The third-order valence-electron chi connectivity index (χ3n) is 2.04. The van der Waals surface area contributed by atoms with E-state index >= 15 is 0 Å². The van der Waals surface area contributed by atoms with Gasteiger partial charge in [-0.05, 0) is 37.6 Å². The van der Waals surface area contributed by atoms with Crippen molar-refractivity contribution in [2.45, 2.75) is 19.9 Å². The minimum Gasteiger partial charge on any atom is -0.348 e. The van der Waals surface area contributed by atoms with Crippen LogP contribution in [0, 0.1) is 12.7 Å². The highest BCUT2D eigenvalue weighted by atomic mass is 19.1. The number of rotatable bonds is 3. The quantitative estimate of drug-likeness (QED) is 0.788. The molecule has 1 rings (SSSR count). The number of carbonyl (C=O) groups is 1. The van der Waals surface area contributed by atoms with Crippen molar-refractivity contribution in [1.29, 1.82) is 0 Å². The number of halogens is 1. The fraction of sp³-hybridized carbons (Fsp3) is 0.364. The first-order valence-corrected chi connectivity index (χ1v) is 4.81. The Morgan fingerprint density at radius 2 is 2.20 bits per heavy atom. The molecular formula is C11H15FN2O. The summed E-state index contributed by atoms with van der Waals surface area (Å²) in [4.78, 5) is 11.6. The lowest BCUT2D eigenvalue weighted by Gasteiger charge is -2.11. The smallest absolute Gasteiger partial charge is 0.251 e. The van der Waals surface area contributed by atoms with E-state index in [4.69, 9.17) is 5.73 Å². The number of aryl methyl sites for hydroxylation is 1. The molecule has 0 fully saturated rings. The van der Waals surface area contributed by atoms with Crippen molar-refractivity contribution < 1.29 is 9.18 Å². The first-order chi connectivity index (χ1) is 7.02. The molecule has 1 aromatic rings. The zero-order valence-corrected chi connectivity index (χ0v) is 8.88. The summed E-state index contributed by atoms with van der Waals surface area (Å²) in [5.74, 6) is -0.698. The van der Waals surface area contributed by atoms with E-state index < -0.39 is 5.82 Å². The third kappa shape index (κ3) is 3.32. The molecule has 4 heteroatoms. The van der Waals surface area contributed by atoms with Gasteiger partial charge in [-0.2, -0.15) is 0 Å². The van der Waals surface area contributed by atoms with Gasteiger partial charge >= 0.3 is 0 Å². The van der Waals surface area contributed by atoms with Crippen LogP contribution < -0.4 is 11.1 Å². The van der Waals surface area contributed by atoms with Crippen LogP contribution in [0.1, 0.15) is 22.8 Å². The molecule has 1 aromatic carbocycles. The maximum absolute atomic E-state index is 13.0. The largest absolute Gasteiger partial charge is 0.348 e. The Hall–Kier alpha value is -1.42. The predicted molar refractivity (Wildman–Crippen MR) is 57.1 cm³/mol. The van der Waals surface area contributed by atoms with Crippen LogP contribution in [-0.2, 0) is 0 Å². The number of amides is 1. The Bertz CT molecular complexity index is 345. The molecule has 1 atom stereocenters. The molecule has 0 radical (unpaired) electrons. The topological polar surface area (TPSA) is 55.1 Å². The second kappa shape index (κ2) is 4.89. The molecule has 3 nitrogen and oxygen atoms in total. The molecule has 0 bridgehead atoms. The number of benzene rings is 1. The average molecular weight is 210 g/mol. The maximum atomic E-state index is 13.0. The first kappa shape index (κ1) is 11.7. The van der Waals surface area contributed by atoms with Crippen molar-refractivity contribution in [3.05, 3.63) is 35.1 Å².